The fraction of sp³-hybridized carbons (Fsp3) is 0.417. The van der Waals surface area contributed by atoms with E-state index in [9.17, 15) is 4.79 Å². The molecule has 0 spiro atoms. The van der Waals surface area contributed by atoms with Gasteiger partial charge in [-0.2, -0.15) is 0 Å². The molecule has 1 rings (SSSR count). The first-order valence-electron chi connectivity index (χ1n) is 5.21. The molecule has 0 aliphatic carbocycles. The number of nitrogens with one attached hydrogen (secondary N) is 1. The first-order chi connectivity index (χ1) is 7.58. The van der Waals surface area contributed by atoms with E-state index in [-0.39, 0.29) is 11.9 Å². The van der Waals surface area contributed by atoms with Crippen LogP contribution in [0.5, 0.6) is 0 Å². The van der Waals surface area contributed by atoms with Gasteiger partial charge in [-0.15, -0.1) is 17.8 Å². The van der Waals surface area contributed by atoms with E-state index < -0.39 is 0 Å². The number of carbonyl (C=O) groups excluding carboxylic acids is 1. The second kappa shape index (κ2) is 5.57. The van der Waals surface area contributed by atoms with Gasteiger partial charge in [0, 0.05) is 10.6 Å². The molecule has 3 nitrogen and oxygen atoms in total. The minimum Gasteiger partial charge on any atom is -0.398 e. The lowest BCUT2D eigenvalue weighted by molar-refractivity contribution is 0.0948. The average Bonchev–Trinajstić information content (AvgIpc) is 2.58. The SMILES string of the molecule is C#CC(CCC)NC(=O)c1cc(N)c(C)s1. The summed E-state index contributed by atoms with van der Waals surface area (Å²) < 4.78 is 0. The predicted molar refractivity (Wildman–Crippen MR) is 68.5 cm³/mol. The molecule has 1 aromatic rings. The molecule has 1 atom stereocenters. The van der Waals surface area contributed by atoms with Crippen LogP contribution >= 0.6 is 11.3 Å². The van der Waals surface area contributed by atoms with Crippen LogP contribution in [0.4, 0.5) is 5.69 Å². The zero-order valence-electron chi connectivity index (χ0n) is 9.54. The van der Waals surface area contributed by atoms with E-state index in [1.807, 2.05) is 13.8 Å². The molecule has 1 aromatic heterocycles. The number of rotatable bonds is 4. The second-order valence-electron chi connectivity index (χ2n) is 3.60. The monoisotopic (exact) mass is 236 g/mol. The van der Waals surface area contributed by atoms with Crippen LogP contribution in [0.1, 0.15) is 34.3 Å². The minimum absolute atomic E-state index is 0.138. The summed E-state index contributed by atoms with van der Waals surface area (Å²) in [5.74, 6) is 2.43. The molecule has 1 heterocycles. The Balaban J connectivity index is 2.68. The Morgan fingerprint density at radius 3 is 2.88 bits per heavy atom. The van der Waals surface area contributed by atoms with Gasteiger partial charge in [0.2, 0.25) is 0 Å². The molecule has 1 unspecified atom stereocenters. The Labute approximate surface area is 100 Å². The molecule has 0 saturated carbocycles. The topological polar surface area (TPSA) is 55.1 Å². The maximum Gasteiger partial charge on any atom is 0.262 e. The number of nitrogens with two attached hydrogens (primary N) is 1. The number of anilines is 1. The van der Waals surface area contributed by atoms with Gasteiger partial charge >= 0.3 is 0 Å². The number of terminal acetylenes is 1. The highest BCUT2D eigenvalue weighted by molar-refractivity contribution is 7.14. The molecular weight excluding hydrogens is 220 g/mol. The zero-order valence-corrected chi connectivity index (χ0v) is 10.4. The Kier molecular flexibility index (Phi) is 4.39. The van der Waals surface area contributed by atoms with Gasteiger partial charge in [0.05, 0.1) is 10.9 Å². The highest BCUT2D eigenvalue weighted by Crippen LogP contribution is 2.23. The molecule has 3 N–H and O–H groups in total. The molecule has 0 aromatic carbocycles. The number of hydrogen-bond acceptors (Lipinski definition) is 3. The first kappa shape index (κ1) is 12.6. The highest BCUT2D eigenvalue weighted by atomic mass is 32.1. The number of hydrogen-bond donors (Lipinski definition) is 2. The Morgan fingerprint density at radius 2 is 2.44 bits per heavy atom. The molecule has 0 fully saturated rings. The first-order valence-corrected chi connectivity index (χ1v) is 6.03. The predicted octanol–water partition coefficient (Wildman–Crippen LogP) is 2.17. The molecule has 86 valence electrons. The lowest BCUT2D eigenvalue weighted by atomic mass is 10.2. The zero-order chi connectivity index (χ0) is 12.1. The van der Waals surface area contributed by atoms with Crippen LogP contribution in [-0.2, 0) is 0 Å². The molecule has 0 bridgehead atoms. The largest absolute Gasteiger partial charge is 0.398 e. The Hall–Kier alpha value is -1.47. The van der Waals surface area contributed by atoms with E-state index in [4.69, 9.17) is 12.2 Å². The number of thiophene rings is 1. The van der Waals surface area contributed by atoms with E-state index >= 15 is 0 Å². The van der Waals surface area contributed by atoms with E-state index in [2.05, 4.69) is 11.2 Å². The highest BCUT2D eigenvalue weighted by Gasteiger charge is 2.13. The van der Waals surface area contributed by atoms with Crippen molar-refractivity contribution < 1.29 is 4.79 Å². The number of amides is 1. The van der Waals surface area contributed by atoms with Crippen LogP contribution in [0.3, 0.4) is 0 Å². The van der Waals surface area contributed by atoms with Crippen molar-refractivity contribution in [3.05, 3.63) is 15.8 Å². The summed E-state index contributed by atoms with van der Waals surface area (Å²) in [7, 11) is 0. The van der Waals surface area contributed by atoms with Gasteiger partial charge in [0.1, 0.15) is 0 Å². The molecule has 16 heavy (non-hydrogen) atoms. The second-order valence-corrected chi connectivity index (χ2v) is 4.86. The number of carbonyl (C=O) groups is 1. The van der Waals surface area contributed by atoms with Crippen molar-refractivity contribution >= 4 is 22.9 Å². The van der Waals surface area contributed by atoms with E-state index in [0.29, 0.717) is 10.6 Å². The Morgan fingerprint density at radius 1 is 1.75 bits per heavy atom. The third-order valence-corrected chi connectivity index (χ3v) is 3.33. The number of aryl methyl sites for hydroxylation is 1. The van der Waals surface area contributed by atoms with Gasteiger partial charge in [0.25, 0.3) is 5.91 Å². The fourth-order valence-electron chi connectivity index (χ4n) is 1.32. The molecule has 0 radical (unpaired) electrons. The van der Waals surface area contributed by atoms with Gasteiger partial charge in [-0.1, -0.05) is 19.3 Å². The van der Waals surface area contributed by atoms with Crippen LogP contribution in [0, 0.1) is 19.3 Å². The maximum atomic E-state index is 11.8. The maximum absolute atomic E-state index is 11.8. The van der Waals surface area contributed by atoms with Crippen molar-refractivity contribution in [1.29, 1.82) is 0 Å². The minimum atomic E-state index is -0.193. The normalized spacial score (nSPS) is 11.8. The van der Waals surface area contributed by atoms with Crippen molar-refractivity contribution in [3.63, 3.8) is 0 Å². The number of nitrogen functional groups attached to an aromatic ring is 1. The van der Waals surface area contributed by atoms with Crippen molar-refractivity contribution in [2.75, 3.05) is 5.73 Å². The lowest BCUT2D eigenvalue weighted by Gasteiger charge is -2.10. The third kappa shape index (κ3) is 3.01. The summed E-state index contributed by atoms with van der Waals surface area (Å²) >= 11 is 1.39. The summed E-state index contributed by atoms with van der Waals surface area (Å²) in [5, 5.41) is 2.80. The summed E-state index contributed by atoms with van der Waals surface area (Å²) in [6.45, 7) is 3.92. The molecule has 0 aliphatic heterocycles. The standard InChI is InChI=1S/C12H16N2OS/c1-4-6-9(5-2)14-12(15)11-7-10(13)8(3)16-11/h2,7,9H,4,6,13H2,1,3H3,(H,14,15). The third-order valence-electron chi connectivity index (χ3n) is 2.26. The van der Waals surface area contributed by atoms with Gasteiger partial charge in [0.15, 0.2) is 0 Å². The van der Waals surface area contributed by atoms with Gasteiger partial charge < -0.3 is 11.1 Å². The van der Waals surface area contributed by atoms with Crippen molar-refractivity contribution in [3.8, 4) is 12.3 Å². The van der Waals surface area contributed by atoms with Crippen molar-refractivity contribution in [2.24, 2.45) is 0 Å². The van der Waals surface area contributed by atoms with Crippen LogP contribution in [0.2, 0.25) is 0 Å². The van der Waals surface area contributed by atoms with Gasteiger partial charge in [-0.25, -0.2) is 0 Å². The smallest absolute Gasteiger partial charge is 0.262 e. The van der Waals surface area contributed by atoms with Crippen LogP contribution in [-0.4, -0.2) is 11.9 Å². The average molecular weight is 236 g/mol. The van der Waals surface area contributed by atoms with Gasteiger partial charge in [-0.05, 0) is 19.4 Å². The van der Waals surface area contributed by atoms with E-state index in [1.165, 1.54) is 11.3 Å². The molecule has 1 amide bonds. The Bertz CT molecular complexity index is 398. The summed E-state index contributed by atoms with van der Waals surface area (Å²) in [5.41, 5.74) is 6.35. The van der Waals surface area contributed by atoms with E-state index in [1.54, 1.807) is 6.07 Å². The van der Waals surface area contributed by atoms with Crippen molar-refractivity contribution in [1.82, 2.24) is 5.32 Å². The lowest BCUT2D eigenvalue weighted by Crippen LogP contribution is -2.33. The molecular formula is C12H16N2OS. The van der Waals surface area contributed by atoms with Crippen molar-refractivity contribution in [2.45, 2.75) is 32.7 Å². The van der Waals surface area contributed by atoms with Crippen LogP contribution < -0.4 is 11.1 Å². The van der Waals surface area contributed by atoms with Gasteiger partial charge in [-0.3, -0.25) is 4.79 Å². The summed E-state index contributed by atoms with van der Waals surface area (Å²) in [4.78, 5) is 13.4. The summed E-state index contributed by atoms with van der Waals surface area (Å²) in [6.07, 6.45) is 7.07. The van der Waals surface area contributed by atoms with E-state index in [0.717, 1.165) is 17.7 Å². The summed E-state index contributed by atoms with van der Waals surface area (Å²) in [6, 6.07) is 1.50. The van der Waals surface area contributed by atoms with Crippen LogP contribution in [0.15, 0.2) is 6.07 Å². The molecule has 0 aliphatic rings. The fourth-order valence-corrected chi connectivity index (χ4v) is 2.17. The quantitative estimate of drug-likeness (QED) is 0.787. The molecule has 0 saturated heterocycles. The van der Waals surface area contributed by atoms with Crippen LogP contribution in [0.25, 0.3) is 0 Å². The molecule has 4 heteroatoms.